The fraction of sp³-hybridized carbons (Fsp3) is 0.500. The van der Waals surface area contributed by atoms with Gasteiger partial charge in [0, 0.05) is 17.1 Å². The van der Waals surface area contributed by atoms with E-state index in [9.17, 15) is 12.8 Å². The molecule has 0 saturated carbocycles. The highest BCUT2D eigenvalue weighted by Crippen LogP contribution is 2.22. The molecule has 0 bridgehead atoms. The molecule has 108 valence electrons. The number of rotatable bonds is 6. The van der Waals surface area contributed by atoms with Gasteiger partial charge >= 0.3 is 0 Å². The van der Waals surface area contributed by atoms with Crippen molar-refractivity contribution in [2.24, 2.45) is 5.73 Å². The Labute approximate surface area is 118 Å². The van der Waals surface area contributed by atoms with Crippen LogP contribution in [0, 0.1) is 5.82 Å². The van der Waals surface area contributed by atoms with Gasteiger partial charge < -0.3 is 5.73 Å². The Bertz CT molecular complexity index is 536. The van der Waals surface area contributed by atoms with Gasteiger partial charge in [-0.25, -0.2) is 17.5 Å². The van der Waals surface area contributed by atoms with E-state index in [0.717, 1.165) is 12.1 Å². The molecule has 7 heteroatoms. The van der Waals surface area contributed by atoms with Crippen LogP contribution in [0.3, 0.4) is 0 Å². The van der Waals surface area contributed by atoms with Crippen molar-refractivity contribution in [2.75, 3.05) is 6.54 Å². The second-order valence-electron chi connectivity index (χ2n) is 4.37. The van der Waals surface area contributed by atoms with E-state index >= 15 is 0 Å². The quantitative estimate of drug-likeness (QED) is 0.847. The molecule has 0 unspecified atom stereocenters. The number of hydrogen-bond acceptors (Lipinski definition) is 3. The standard InChI is InChI=1S/C12H18ClFN2O2S/c1-3-12(4-2,8-15)16-19(17,18)11-6-5-9(13)7-10(11)14/h5-7,16H,3-4,8,15H2,1-2H3. The lowest BCUT2D eigenvalue weighted by Gasteiger charge is -2.31. The topological polar surface area (TPSA) is 72.2 Å². The van der Waals surface area contributed by atoms with Crippen LogP contribution < -0.4 is 10.5 Å². The molecule has 0 aliphatic heterocycles. The first kappa shape index (κ1) is 16.4. The summed E-state index contributed by atoms with van der Waals surface area (Å²) in [6.45, 7) is 3.81. The highest BCUT2D eigenvalue weighted by atomic mass is 35.5. The summed E-state index contributed by atoms with van der Waals surface area (Å²) in [5.41, 5.74) is 4.88. The van der Waals surface area contributed by atoms with Gasteiger partial charge in [0.2, 0.25) is 10.0 Å². The Morgan fingerprint density at radius 3 is 2.37 bits per heavy atom. The molecule has 1 aromatic rings. The normalized spacial score (nSPS) is 12.7. The van der Waals surface area contributed by atoms with Gasteiger partial charge in [-0.05, 0) is 31.0 Å². The van der Waals surface area contributed by atoms with Gasteiger partial charge in [0.15, 0.2) is 0 Å². The fourth-order valence-corrected chi connectivity index (χ4v) is 3.53. The summed E-state index contributed by atoms with van der Waals surface area (Å²) in [4.78, 5) is -0.420. The molecule has 3 N–H and O–H groups in total. The van der Waals surface area contributed by atoms with Gasteiger partial charge in [-0.1, -0.05) is 25.4 Å². The molecule has 0 fully saturated rings. The van der Waals surface area contributed by atoms with Crippen molar-refractivity contribution < 1.29 is 12.8 Å². The van der Waals surface area contributed by atoms with E-state index in [-0.39, 0.29) is 11.6 Å². The molecule has 0 saturated heterocycles. The van der Waals surface area contributed by atoms with Gasteiger partial charge in [0.25, 0.3) is 0 Å². The molecule has 0 atom stereocenters. The number of sulfonamides is 1. The fourth-order valence-electron chi connectivity index (χ4n) is 1.76. The molecule has 0 spiro atoms. The van der Waals surface area contributed by atoms with Crippen molar-refractivity contribution >= 4 is 21.6 Å². The van der Waals surface area contributed by atoms with Crippen LogP contribution in [0.25, 0.3) is 0 Å². The maximum atomic E-state index is 13.7. The lowest BCUT2D eigenvalue weighted by atomic mass is 9.95. The summed E-state index contributed by atoms with van der Waals surface area (Å²) < 4.78 is 40.6. The van der Waals surface area contributed by atoms with E-state index < -0.39 is 26.3 Å². The molecular weight excluding hydrogens is 291 g/mol. The number of nitrogens with two attached hydrogens (primary N) is 1. The van der Waals surface area contributed by atoms with Gasteiger partial charge in [-0.2, -0.15) is 0 Å². The first-order valence-electron chi connectivity index (χ1n) is 5.99. The average molecular weight is 309 g/mol. The van der Waals surface area contributed by atoms with E-state index in [1.807, 2.05) is 13.8 Å². The SMILES string of the molecule is CCC(CC)(CN)NS(=O)(=O)c1ccc(Cl)cc1F. The largest absolute Gasteiger partial charge is 0.329 e. The molecule has 0 aliphatic carbocycles. The van der Waals surface area contributed by atoms with Gasteiger partial charge in [-0.15, -0.1) is 0 Å². The van der Waals surface area contributed by atoms with Crippen molar-refractivity contribution in [3.63, 3.8) is 0 Å². The van der Waals surface area contributed by atoms with Gasteiger partial charge in [-0.3, -0.25) is 0 Å². The van der Waals surface area contributed by atoms with E-state index in [2.05, 4.69) is 4.72 Å². The maximum absolute atomic E-state index is 13.7. The number of hydrogen-bond donors (Lipinski definition) is 2. The third kappa shape index (κ3) is 3.66. The van der Waals surface area contributed by atoms with Crippen molar-refractivity contribution in [1.82, 2.24) is 4.72 Å². The molecule has 1 rings (SSSR count). The van der Waals surface area contributed by atoms with E-state index in [4.69, 9.17) is 17.3 Å². The molecule has 0 heterocycles. The zero-order valence-electron chi connectivity index (χ0n) is 10.9. The van der Waals surface area contributed by atoms with Gasteiger partial charge in [0.05, 0.1) is 0 Å². The maximum Gasteiger partial charge on any atom is 0.244 e. The summed E-state index contributed by atoms with van der Waals surface area (Å²) in [5, 5.41) is 0.146. The average Bonchev–Trinajstić information content (AvgIpc) is 2.35. The van der Waals surface area contributed by atoms with Crippen LogP contribution in [0.2, 0.25) is 5.02 Å². The highest BCUT2D eigenvalue weighted by molar-refractivity contribution is 7.89. The smallest absolute Gasteiger partial charge is 0.244 e. The zero-order chi connectivity index (χ0) is 14.7. The highest BCUT2D eigenvalue weighted by Gasteiger charge is 2.32. The Kier molecular flexibility index (Phi) is 5.32. The van der Waals surface area contributed by atoms with Crippen molar-refractivity contribution in [3.05, 3.63) is 29.0 Å². The lowest BCUT2D eigenvalue weighted by Crippen LogP contribution is -2.52. The number of nitrogens with one attached hydrogen (secondary N) is 1. The predicted octanol–water partition coefficient (Wildman–Crippen LogP) is 2.27. The molecule has 0 radical (unpaired) electrons. The van der Waals surface area contributed by atoms with Crippen LogP contribution >= 0.6 is 11.6 Å². The molecule has 1 aromatic carbocycles. The number of benzene rings is 1. The third-order valence-corrected chi connectivity index (χ3v) is 5.13. The molecule has 0 aliphatic rings. The lowest BCUT2D eigenvalue weighted by molar-refractivity contribution is 0.362. The van der Waals surface area contributed by atoms with Gasteiger partial charge in [0.1, 0.15) is 10.7 Å². The molecule has 0 aromatic heterocycles. The Morgan fingerprint density at radius 2 is 1.95 bits per heavy atom. The first-order chi connectivity index (χ1) is 8.80. The third-order valence-electron chi connectivity index (χ3n) is 3.28. The van der Waals surface area contributed by atoms with Crippen LogP contribution in [-0.2, 0) is 10.0 Å². The van der Waals surface area contributed by atoms with E-state index in [1.54, 1.807) is 0 Å². The summed E-state index contributed by atoms with van der Waals surface area (Å²) in [7, 11) is -3.97. The van der Waals surface area contributed by atoms with Crippen LogP contribution in [-0.4, -0.2) is 20.5 Å². The van der Waals surface area contributed by atoms with Crippen molar-refractivity contribution in [3.8, 4) is 0 Å². The Hall–Kier alpha value is -0.690. The second-order valence-corrected chi connectivity index (χ2v) is 6.46. The minimum atomic E-state index is -3.97. The first-order valence-corrected chi connectivity index (χ1v) is 7.85. The summed E-state index contributed by atoms with van der Waals surface area (Å²) >= 11 is 5.61. The molecule has 0 amide bonds. The van der Waals surface area contributed by atoms with Crippen molar-refractivity contribution in [1.29, 1.82) is 0 Å². The molecular formula is C12H18ClFN2O2S. The summed E-state index contributed by atoms with van der Waals surface area (Å²) in [6, 6.07) is 3.45. The van der Waals surface area contributed by atoms with Crippen molar-refractivity contribution in [2.45, 2.75) is 37.1 Å². The van der Waals surface area contributed by atoms with Crippen LogP contribution in [0.4, 0.5) is 4.39 Å². The molecule has 19 heavy (non-hydrogen) atoms. The minimum Gasteiger partial charge on any atom is -0.329 e. The zero-order valence-corrected chi connectivity index (χ0v) is 12.5. The Morgan fingerprint density at radius 1 is 1.37 bits per heavy atom. The number of halogens is 2. The predicted molar refractivity (Wildman–Crippen MR) is 74.1 cm³/mol. The van der Waals surface area contributed by atoms with Crippen LogP contribution in [0.1, 0.15) is 26.7 Å². The Balaban J connectivity index is 3.17. The van der Waals surface area contributed by atoms with Crippen LogP contribution in [0.15, 0.2) is 23.1 Å². The van der Waals surface area contributed by atoms with E-state index in [0.29, 0.717) is 12.8 Å². The van der Waals surface area contributed by atoms with E-state index in [1.165, 1.54) is 6.07 Å². The molecule has 4 nitrogen and oxygen atoms in total. The monoisotopic (exact) mass is 308 g/mol. The van der Waals surface area contributed by atoms with Crippen LogP contribution in [0.5, 0.6) is 0 Å². The summed E-state index contributed by atoms with van der Waals surface area (Å²) in [6.07, 6.45) is 1.04. The summed E-state index contributed by atoms with van der Waals surface area (Å²) in [5.74, 6) is -0.877. The second kappa shape index (κ2) is 6.17. The minimum absolute atomic E-state index is 0.146.